The van der Waals surface area contributed by atoms with E-state index in [-0.39, 0.29) is 24.8 Å². The van der Waals surface area contributed by atoms with E-state index >= 15 is 0 Å². The van der Waals surface area contributed by atoms with Crippen LogP contribution in [0.15, 0.2) is 23.1 Å². The number of carbonyl (C=O) groups is 5. The Bertz CT molecular complexity index is 1350. The quantitative estimate of drug-likeness (QED) is 0.131. The van der Waals surface area contributed by atoms with Gasteiger partial charge < -0.3 is 26.8 Å². The first kappa shape index (κ1) is 39.9. The lowest BCUT2D eigenvalue weighted by atomic mass is 10.0. The minimum absolute atomic E-state index is 0.0613. The zero-order valence-electron chi connectivity index (χ0n) is 24.9. The molecule has 0 unspecified atom stereocenters. The number of amides is 4. The normalized spacial score (nSPS) is 14.6. The number of carboxylic acid groups (broad SMARTS) is 1. The van der Waals surface area contributed by atoms with Crippen LogP contribution in [-0.4, -0.2) is 79.3 Å². The fourth-order valence-electron chi connectivity index (χ4n) is 3.82. The third-order valence-electron chi connectivity index (χ3n) is 6.19. The second-order valence-corrected chi connectivity index (χ2v) is 13.5. The van der Waals surface area contributed by atoms with Crippen LogP contribution in [0.2, 0.25) is 5.02 Å². The standard InChI is InChI=1S/C26H37ClF3N5O8S2/c1-13(2)11-20(24(39)33-18(22(31)37)9-10-44-4)34-23(38)14(3)32-21(36)8-7-19(25(40)41)35-45(42,43)15-5-6-17(27)16(12-15)26(28,29)30/h5-6,12-14,18-20,35H,7-11H2,1-4H3,(H2,31,37)(H,32,36)(H,33,39)(H,34,38)(H,40,41)/t14-,18-,19-,20-/m0/s1. The van der Waals surface area contributed by atoms with Crippen LogP contribution in [-0.2, 0) is 40.2 Å². The fraction of sp³-hybridized carbons (Fsp3) is 0.577. The number of hydrogen-bond donors (Lipinski definition) is 6. The molecule has 254 valence electrons. The number of rotatable bonds is 18. The molecule has 0 radical (unpaired) electrons. The Labute approximate surface area is 268 Å². The Morgan fingerprint density at radius 3 is 2.09 bits per heavy atom. The van der Waals surface area contributed by atoms with Crippen molar-refractivity contribution < 1.29 is 50.7 Å². The molecule has 0 aromatic heterocycles. The molecule has 0 spiro atoms. The number of primary amides is 1. The Morgan fingerprint density at radius 1 is 0.978 bits per heavy atom. The fourth-order valence-corrected chi connectivity index (χ4v) is 5.77. The molecule has 0 heterocycles. The van der Waals surface area contributed by atoms with Gasteiger partial charge in [-0.3, -0.25) is 24.0 Å². The molecule has 0 aliphatic carbocycles. The molecule has 1 aromatic rings. The molecule has 13 nitrogen and oxygen atoms in total. The summed E-state index contributed by atoms with van der Waals surface area (Å²) in [6, 6.07) is -3.47. The van der Waals surface area contributed by atoms with Crippen molar-refractivity contribution in [2.24, 2.45) is 11.7 Å². The minimum Gasteiger partial charge on any atom is -0.480 e. The summed E-state index contributed by atoms with van der Waals surface area (Å²) in [7, 11) is -4.79. The van der Waals surface area contributed by atoms with Gasteiger partial charge in [-0.15, -0.1) is 0 Å². The van der Waals surface area contributed by atoms with Crippen molar-refractivity contribution in [3.63, 3.8) is 0 Å². The molecule has 1 rings (SSSR count). The second kappa shape index (κ2) is 17.6. The van der Waals surface area contributed by atoms with Gasteiger partial charge in [0.25, 0.3) is 0 Å². The average molecular weight is 704 g/mol. The van der Waals surface area contributed by atoms with Crippen molar-refractivity contribution >= 4 is 63.0 Å². The van der Waals surface area contributed by atoms with E-state index in [0.29, 0.717) is 11.8 Å². The molecular formula is C26H37ClF3N5O8S2. The highest BCUT2D eigenvalue weighted by Gasteiger charge is 2.35. The summed E-state index contributed by atoms with van der Waals surface area (Å²) in [4.78, 5) is 60.7. The van der Waals surface area contributed by atoms with Crippen LogP contribution in [0, 0.1) is 5.92 Å². The lowest BCUT2D eigenvalue weighted by Gasteiger charge is -2.24. The number of nitrogens with two attached hydrogens (primary N) is 1. The van der Waals surface area contributed by atoms with E-state index in [2.05, 4.69) is 16.0 Å². The van der Waals surface area contributed by atoms with E-state index in [4.69, 9.17) is 17.3 Å². The van der Waals surface area contributed by atoms with Crippen molar-refractivity contribution in [1.29, 1.82) is 0 Å². The Morgan fingerprint density at radius 2 is 1.58 bits per heavy atom. The largest absolute Gasteiger partial charge is 0.480 e. The van der Waals surface area contributed by atoms with Gasteiger partial charge >= 0.3 is 12.1 Å². The minimum atomic E-state index is -4.98. The maximum absolute atomic E-state index is 13.2. The third kappa shape index (κ3) is 13.4. The molecule has 4 atom stereocenters. The Kier molecular flexibility index (Phi) is 15.6. The predicted octanol–water partition coefficient (Wildman–Crippen LogP) is 1.63. The number of benzene rings is 1. The zero-order valence-corrected chi connectivity index (χ0v) is 27.3. The van der Waals surface area contributed by atoms with Crippen LogP contribution >= 0.6 is 23.4 Å². The molecule has 1 aromatic carbocycles. The molecule has 0 saturated heterocycles. The number of aliphatic carboxylic acids is 1. The SMILES string of the molecule is CSCC[C@H](NC(=O)[C@H](CC(C)C)NC(=O)[C@H](C)NC(=O)CC[C@H](NS(=O)(=O)c1ccc(Cl)c(C(F)(F)F)c1)C(=O)O)C(N)=O. The lowest BCUT2D eigenvalue weighted by molar-refractivity contribution is -0.139. The summed E-state index contributed by atoms with van der Waals surface area (Å²) in [5.74, 6) is -4.26. The summed E-state index contributed by atoms with van der Waals surface area (Å²) in [6.45, 7) is 4.89. The monoisotopic (exact) mass is 703 g/mol. The Hall–Kier alpha value is -3.09. The summed E-state index contributed by atoms with van der Waals surface area (Å²) in [6.07, 6.45) is -3.93. The summed E-state index contributed by atoms with van der Waals surface area (Å²) >= 11 is 6.96. The van der Waals surface area contributed by atoms with Crippen molar-refractivity contribution in [2.75, 3.05) is 12.0 Å². The molecule has 45 heavy (non-hydrogen) atoms. The third-order valence-corrected chi connectivity index (χ3v) is 8.63. The Balaban J connectivity index is 2.88. The summed E-state index contributed by atoms with van der Waals surface area (Å²) in [5, 5.41) is 16.1. The van der Waals surface area contributed by atoms with Gasteiger partial charge in [0, 0.05) is 6.42 Å². The number of hydrogen-bond acceptors (Lipinski definition) is 8. The molecule has 0 aliphatic heterocycles. The number of sulfonamides is 1. The number of carbonyl (C=O) groups excluding carboxylic acids is 4. The van der Waals surface area contributed by atoms with Crippen LogP contribution in [0.1, 0.15) is 52.0 Å². The molecule has 4 amide bonds. The highest BCUT2D eigenvalue weighted by atomic mass is 35.5. The molecule has 0 aliphatic rings. The van der Waals surface area contributed by atoms with E-state index in [1.807, 2.05) is 6.26 Å². The molecule has 0 saturated carbocycles. The van der Waals surface area contributed by atoms with Gasteiger partial charge in [0.05, 0.1) is 15.5 Å². The van der Waals surface area contributed by atoms with Crippen LogP contribution in [0.3, 0.4) is 0 Å². The van der Waals surface area contributed by atoms with Crippen molar-refractivity contribution in [1.82, 2.24) is 20.7 Å². The van der Waals surface area contributed by atoms with Gasteiger partial charge in [-0.05, 0) is 62.3 Å². The van der Waals surface area contributed by atoms with Crippen molar-refractivity contribution in [3.8, 4) is 0 Å². The summed E-state index contributed by atoms with van der Waals surface area (Å²) in [5.41, 5.74) is 3.93. The van der Waals surface area contributed by atoms with Gasteiger partial charge in [0.1, 0.15) is 24.2 Å². The van der Waals surface area contributed by atoms with E-state index in [9.17, 15) is 50.7 Å². The molecule has 0 bridgehead atoms. The lowest BCUT2D eigenvalue weighted by Crippen LogP contribution is -2.56. The van der Waals surface area contributed by atoms with Crippen LogP contribution in [0.4, 0.5) is 13.2 Å². The number of alkyl halides is 3. The smallest absolute Gasteiger partial charge is 0.417 e. The maximum atomic E-state index is 13.2. The molecule has 19 heteroatoms. The number of thioether (sulfide) groups is 1. The van der Waals surface area contributed by atoms with Gasteiger partial charge in [-0.25, -0.2) is 8.42 Å². The van der Waals surface area contributed by atoms with Gasteiger partial charge in [0.15, 0.2) is 0 Å². The maximum Gasteiger partial charge on any atom is 0.417 e. The van der Waals surface area contributed by atoms with E-state index in [1.165, 1.54) is 18.7 Å². The first-order chi connectivity index (χ1) is 20.7. The number of nitrogens with one attached hydrogen (secondary N) is 4. The topological polar surface area (TPSA) is 214 Å². The molecular weight excluding hydrogens is 667 g/mol. The zero-order chi connectivity index (χ0) is 34.7. The van der Waals surface area contributed by atoms with E-state index in [1.54, 1.807) is 18.6 Å². The van der Waals surface area contributed by atoms with Crippen LogP contribution in [0.25, 0.3) is 0 Å². The highest BCUT2D eigenvalue weighted by Crippen LogP contribution is 2.36. The number of carboxylic acids is 1. The number of halogens is 4. The highest BCUT2D eigenvalue weighted by molar-refractivity contribution is 7.98. The van der Waals surface area contributed by atoms with Gasteiger partial charge in [0.2, 0.25) is 33.7 Å². The van der Waals surface area contributed by atoms with Crippen LogP contribution in [0.5, 0.6) is 0 Å². The van der Waals surface area contributed by atoms with E-state index < -0.39 is 98.3 Å². The van der Waals surface area contributed by atoms with Crippen molar-refractivity contribution in [3.05, 3.63) is 28.8 Å². The van der Waals surface area contributed by atoms with Gasteiger partial charge in [-0.1, -0.05) is 25.4 Å². The van der Waals surface area contributed by atoms with Gasteiger partial charge in [-0.2, -0.15) is 29.7 Å². The average Bonchev–Trinajstić information content (AvgIpc) is 2.91. The second-order valence-electron chi connectivity index (χ2n) is 10.4. The van der Waals surface area contributed by atoms with Crippen LogP contribution < -0.4 is 26.4 Å². The first-order valence-electron chi connectivity index (χ1n) is 13.5. The molecule has 7 N–H and O–H groups in total. The predicted molar refractivity (Wildman–Crippen MR) is 161 cm³/mol. The van der Waals surface area contributed by atoms with Crippen molar-refractivity contribution in [2.45, 2.75) is 81.7 Å². The molecule has 0 fully saturated rings. The first-order valence-corrected chi connectivity index (χ1v) is 16.7. The summed E-state index contributed by atoms with van der Waals surface area (Å²) < 4.78 is 66.5. The van der Waals surface area contributed by atoms with E-state index in [0.717, 1.165) is 6.07 Å².